The highest BCUT2D eigenvalue weighted by molar-refractivity contribution is 5.82. The van der Waals surface area contributed by atoms with Crippen LogP contribution in [-0.4, -0.2) is 28.0 Å². The summed E-state index contributed by atoms with van der Waals surface area (Å²) < 4.78 is 2.01. The molecule has 1 amide bonds. The summed E-state index contributed by atoms with van der Waals surface area (Å²) in [5, 5.41) is 2.98. The minimum atomic E-state index is -0.182. The van der Waals surface area contributed by atoms with Gasteiger partial charge in [0, 0.05) is 31.5 Å². The molecule has 0 bridgehead atoms. The molecule has 1 aromatic heterocycles. The van der Waals surface area contributed by atoms with E-state index in [1.165, 1.54) is 5.56 Å². The zero-order chi connectivity index (χ0) is 15.2. The van der Waals surface area contributed by atoms with Gasteiger partial charge in [-0.25, -0.2) is 15.8 Å². The van der Waals surface area contributed by atoms with Crippen LogP contribution in [0.5, 0.6) is 0 Å². The molecule has 0 radical (unpaired) electrons. The number of carbonyl (C=O) groups excluding carboxylic acids is 1. The van der Waals surface area contributed by atoms with Crippen LogP contribution < -0.4 is 16.2 Å². The summed E-state index contributed by atoms with van der Waals surface area (Å²) in [7, 11) is 0. The fourth-order valence-corrected chi connectivity index (χ4v) is 2.65. The summed E-state index contributed by atoms with van der Waals surface area (Å²) in [5.41, 5.74) is 7.48. The molecule has 3 rings (SSSR count). The molecule has 1 fully saturated rings. The fourth-order valence-electron chi connectivity index (χ4n) is 2.65. The average Bonchev–Trinajstić information content (AvgIpc) is 3.24. The zero-order valence-corrected chi connectivity index (χ0v) is 12.4. The van der Waals surface area contributed by atoms with Crippen LogP contribution in [0.1, 0.15) is 24.4 Å². The third kappa shape index (κ3) is 3.72. The Morgan fingerprint density at radius 3 is 2.95 bits per heavy atom. The third-order valence-electron chi connectivity index (χ3n) is 3.87. The summed E-state index contributed by atoms with van der Waals surface area (Å²) in [6, 6.07) is 10.2. The Balaban J connectivity index is 1.40. The molecule has 2 atom stereocenters. The van der Waals surface area contributed by atoms with Crippen molar-refractivity contribution in [2.75, 3.05) is 6.54 Å². The van der Waals surface area contributed by atoms with Crippen molar-refractivity contribution >= 4 is 5.91 Å². The van der Waals surface area contributed by atoms with E-state index in [0.29, 0.717) is 6.54 Å². The van der Waals surface area contributed by atoms with E-state index < -0.39 is 0 Å². The highest BCUT2D eigenvalue weighted by Crippen LogP contribution is 2.21. The van der Waals surface area contributed by atoms with Gasteiger partial charge in [0.1, 0.15) is 6.04 Å². The molecule has 1 saturated heterocycles. The van der Waals surface area contributed by atoms with E-state index in [2.05, 4.69) is 33.3 Å². The number of aromatic nitrogens is 2. The van der Waals surface area contributed by atoms with Crippen LogP contribution in [0, 0.1) is 0 Å². The number of benzene rings is 1. The molecular weight excluding hydrogens is 278 g/mol. The average molecular weight is 299 g/mol. The van der Waals surface area contributed by atoms with E-state index in [4.69, 9.17) is 0 Å². The van der Waals surface area contributed by atoms with Gasteiger partial charge in [-0.15, -0.1) is 0 Å². The van der Waals surface area contributed by atoms with Crippen LogP contribution in [0.3, 0.4) is 0 Å². The zero-order valence-electron chi connectivity index (χ0n) is 12.4. The molecule has 1 aliphatic heterocycles. The first kappa shape index (κ1) is 14.7. The molecule has 1 aromatic carbocycles. The van der Waals surface area contributed by atoms with Crippen molar-refractivity contribution in [2.45, 2.75) is 31.5 Å². The second kappa shape index (κ2) is 7.20. The van der Waals surface area contributed by atoms with E-state index >= 15 is 0 Å². The molecule has 0 spiro atoms. The first-order valence-electron chi connectivity index (χ1n) is 7.62. The molecule has 116 valence electrons. The number of nitrogens with zero attached hydrogens (tertiary/aromatic N) is 2. The smallest absolute Gasteiger partial charge is 0.238 e. The number of hydrogen-bond donors (Lipinski definition) is 3. The monoisotopic (exact) mass is 299 g/mol. The van der Waals surface area contributed by atoms with Gasteiger partial charge in [0.05, 0.1) is 6.33 Å². The molecule has 2 unspecified atom stereocenters. The number of aryl methyl sites for hydroxylation is 1. The second-order valence-electron chi connectivity index (χ2n) is 5.49. The standard InChI is InChI=1S/C16H21N5O/c22-16(18-7-4-9-21-10-8-17-12-21)15-11-14(19-20-15)13-5-2-1-3-6-13/h1-3,5-6,8,10,12,14-15,19-20H,4,7,9,11H2,(H,18,22). The van der Waals surface area contributed by atoms with Gasteiger partial charge in [-0.2, -0.15) is 0 Å². The summed E-state index contributed by atoms with van der Waals surface area (Å²) in [6.45, 7) is 1.54. The first-order valence-corrected chi connectivity index (χ1v) is 7.62. The Bertz CT molecular complexity index is 584. The third-order valence-corrected chi connectivity index (χ3v) is 3.87. The van der Waals surface area contributed by atoms with Crippen LogP contribution in [0.25, 0.3) is 0 Å². The molecule has 2 heterocycles. The number of imidazole rings is 1. The normalized spacial score (nSPS) is 20.9. The highest BCUT2D eigenvalue weighted by Gasteiger charge is 2.29. The molecule has 0 saturated carbocycles. The van der Waals surface area contributed by atoms with Gasteiger partial charge < -0.3 is 9.88 Å². The summed E-state index contributed by atoms with van der Waals surface area (Å²) in [4.78, 5) is 16.1. The van der Waals surface area contributed by atoms with Crippen molar-refractivity contribution in [3.63, 3.8) is 0 Å². The number of amides is 1. The van der Waals surface area contributed by atoms with Crippen LogP contribution in [0.15, 0.2) is 49.1 Å². The summed E-state index contributed by atoms with van der Waals surface area (Å²) >= 11 is 0. The number of hydrazine groups is 1. The van der Waals surface area contributed by atoms with Crippen molar-refractivity contribution < 1.29 is 4.79 Å². The van der Waals surface area contributed by atoms with Crippen molar-refractivity contribution in [3.05, 3.63) is 54.6 Å². The van der Waals surface area contributed by atoms with Gasteiger partial charge in [-0.05, 0) is 18.4 Å². The first-order chi connectivity index (χ1) is 10.8. The lowest BCUT2D eigenvalue weighted by Gasteiger charge is -2.11. The maximum absolute atomic E-state index is 12.2. The minimum absolute atomic E-state index is 0.0524. The highest BCUT2D eigenvalue weighted by atomic mass is 16.2. The van der Waals surface area contributed by atoms with E-state index in [0.717, 1.165) is 19.4 Å². The number of hydrogen-bond acceptors (Lipinski definition) is 4. The number of nitrogens with one attached hydrogen (secondary N) is 3. The fraction of sp³-hybridized carbons (Fsp3) is 0.375. The summed E-state index contributed by atoms with van der Waals surface area (Å²) in [6.07, 6.45) is 7.13. The summed E-state index contributed by atoms with van der Waals surface area (Å²) in [5.74, 6) is 0.0524. The second-order valence-corrected chi connectivity index (χ2v) is 5.49. The minimum Gasteiger partial charge on any atom is -0.355 e. The molecular formula is C16H21N5O. The molecule has 6 heteroatoms. The van der Waals surface area contributed by atoms with Crippen LogP contribution in [-0.2, 0) is 11.3 Å². The molecule has 0 aliphatic carbocycles. The van der Waals surface area contributed by atoms with Crippen LogP contribution in [0.2, 0.25) is 0 Å². The lowest BCUT2D eigenvalue weighted by Crippen LogP contribution is -2.43. The Kier molecular flexibility index (Phi) is 4.82. The van der Waals surface area contributed by atoms with Gasteiger partial charge in [0.2, 0.25) is 5.91 Å². The molecule has 1 aliphatic rings. The Labute approximate surface area is 129 Å². The molecule has 3 N–H and O–H groups in total. The van der Waals surface area contributed by atoms with E-state index in [1.54, 1.807) is 12.5 Å². The molecule has 22 heavy (non-hydrogen) atoms. The van der Waals surface area contributed by atoms with Crippen molar-refractivity contribution in [1.29, 1.82) is 0 Å². The van der Waals surface area contributed by atoms with Crippen LogP contribution in [0.4, 0.5) is 0 Å². The van der Waals surface area contributed by atoms with Gasteiger partial charge in [-0.3, -0.25) is 4.79 Å². The van der Waals surface area contributed by atoms with Crippen molar-refractivity contribution in [1.82, 2.24) is 25.7 Å². The van der Waals surface area contributed by atoms with Crippen LogP contribution >= 0.6 is 0 Å². The largest absolute Gasteiger partial charge is 0.355 e. The quantitative estimate of drug-likeness (QED) is 0.696. The maximum atomic E-state index is 12.2. The van der Waals surface area contributed by atoms with E-state index in [9.17, 15) is 4.79 Å². The lowest BCUT2D eigenvalue weighted by molar-refractivity contribution is -0.122. The van der Waals surface area contributed by atoms with Gasteiger partial charge in [0.25, 0.3) is 0 Å². The van der Waals surface area contributed by atoms with Gasteiger partial charge in [-0.1, -0.05) is 30.3 Å². The van der Waals surface area contributed by atoms with Crippen molar-refractivity contribution in [2.24, 2.45) is 0 Å². The maximum Gasteiger partial charge on any atom is 0.238 e. The lowest BCUT2D eigenvalue weighted by atomic mass is 10.0. The predicted molar refractivity (Wildman–Crippen MR) is 83.7 cm³/mol. The van der Waals surface area contributed by atoms with E-state index in [1.807, 2.05) is 29.0 Å². The number of rotatable bonds is 6. The Morgan fingerprint density at radius 1 is 1.32 bits per heavy atom. The van der Waals surface area contributed by atoms with Gasteiger partial charge in [0.15, 0.2) is 0 Å². The van der Waals surface area contributed by atoms with Gasteiger partial charge >= 0.3 is 0 Å². The Hall–Kier alpha value is -2.18. The Morgan fingerprint density at radius 2 is 2.18 bits per heavy atom. The topological polar surface area (TPSA) is 71.0 Å². The predicted octanol–water partition coefficient (Wildman–Crippen LogP) is 0.997. The van der Waals surface area contributed by atoms with E-state index in [-0.39, 0.29) is 18.0 Å². The SMILES string of the molecule is O=C(NCCCn1ccnc1)C1CC(c2ccccc2)NN1. The number of carbonyl (C=O) groups is 1. The van der Waals surface area contributed by atoms with Crippen molar-refractivity contribution in [3.8, 4) is 0 Å². The molecule has 6 nitrogen and oxygen atoms in total. The molecule has 2 aromatic rings.